The zero-order valence-electron chi connectivity index (χ0n) is 10.7. The highest BCUT2D eigenvalue weighted by molar-refractivity contribution is 5.48. The first-order valence-electron chi connectivity index (χ1n) is 5.35. The molecule has 0 saturated heterocycles. The summed E-state index contributed by atoms with van der Waals surface area (Å²) >= 11 is 0. The Bertz CT molecular complexity index is 356. The molecule has 0 fully saturated rings. The largest absolute Gasteiger partial charge is 0.359 e. The van der Waals surface area contributed by atoms with Crippen molar-refractivity contribution in [1.82, 2.24) is 9.97 Å². The third kappa shape index (κ3) is 3.66. The Morgan fingerprint density at radius 3 is 2.50 bits per heavy atom. The van der Waals surface area contributed by atoms with E-state index in [9.17, 15) is 0 Å². The van der Waals surface area contributed by atoms with Crippen LogP contribution < -0.4 is 16.2 Å². The van der Waals surface area contributed by atoms with Gasteiger partial charge in [-0.05, 0) is 12.3 Å². The van der Waals surface area contributed by atoms with Gasteiger partial charge in [-0.1, -0.05) is 20.8 Å². The van der Waals surface area contributed by atoms with Gasteiger partial charge in [-0.15, -0.1) is 0 Å². The van der Waals surface area contributed by atoms with Crippen LogP contribution in [-0.2, 0) is 0 Å². The summed E-state index contributed by atoms with van der Waals surface area (Å²) in [7, 11) is 2.02. The van der Waals surface area contributed by atoms with E-state index in [-0.39, 0.29) is 5.41 Å². The van der Waals surface area contributed by atoms with E-state index >= 15 is 0 Å². The van der Waals surface area contributed by atoms with Gasteiger partial charge in [0.25, 0.3) is 0 Å². The highest BCUT2D eigenvalue weighted by atomic mass is 15.3. The molecule has 0 aromatic carbocycles. The van der Waals surface area contributed by atoms with Gasteiger partial charge in [0.15, 0.2) is 0 Å². The first-order chi connectivity index (χ1) is 7.31. The number of aromatic nitrogens is 2. The molecule has 1 aromatic rings. The highest BCUT2D eigenvalue weighted by Gasteiger charge is 2.15. The molecule has 0 radical (unpaired) electrons. The minimum Gasteiger partial charge on any atom is -0.359 e. The molecule has 5 heteroatoms. The quantitative estimate of drug-likeness (QED) is 0.601. The van der Waals surface area contributed by atoms with Crippen molar-refractivity contribution in [3.63, 3.8) is 0 Å². The third-order valence-corrected chi connectivity index (χ3v) is 2.07. The van der Waals surface area contributed by atoms with E-state index in [0.29, 0.717) is 11.6 Å². The Balaban J connectivity index is 2.90. The van der Waals surface area contributed by atoms with Gasteiger partial charge >= 0.3 is 0 Å². The summed E-state index contributed by atoms with van der Waals surface area (Å²) in [6, 6.07) is 1.85. The van der Waals surface area contributed by atoms with E-state index in [1.807, 2.05) is 20.0 Å². The summed E-state index contributed by atoms with van der Waals surface area (Å²) in [6.45, 7) is 9.36. The molecular weight excluding hydrogens is 202 g/mol. The van der Waals surface area contributed by atoms with Gasteiger partial charge in [0, 0.05) is 19.7 Å². The van der Waals surface area contributed by atoms with E-state index < -0.39 is 0 Å². The lowest BCUT2D eigenvalue weighted by atomic mass is 9.96. The van der Waals surface area contributed by atoms with Crippen LogP contribution in [0.3, 0.4) is 0 Å². The van der Waals surface area contributed by atoms with Crippen LogP contribution in [0.1, 0.15) is 26.6 Å². The van der Waals surface area contributed by atoms with Crippen LogP contribution >= 0.6 is 0 Å². The van der Waals surface area contributed by atoms with Crippen molar-refractivity contribution in [3.8, 4) is 0 Å². The molecule has 16 heavy (non-hydrogen) atoms. The lowest BCUT2D eigenvalue weighted by molar-refractivity contribution is 0.417. The van der Waals surface area contributed by atoms with Crippen molar-refractivity contribution in [2.75, 3.05) is 23.9 Å². The number of hydrogen-bond donors (Lipinski definition) is 2. The van der Waals surface area contributed by atoms with Crippen LogP contribution in [0, 0.1) is 12.3 Å². The summed E-state index contributed by atoms with van der Waals surface area (Å²) in [6.07, 6.45) is 0. The molecule has 0 aliphatic heterocycles. The lowest BCUT2D eigenvalue weighted by Crippen LogP contribution is -2.30. The van der Waals surface area contributed by atoms with Gasteiger partial charge in [-0.3, -0.25) is 0 Å². The van der Waals surface area contributed by atoms with E-state index in [1.54, 1.807) is 0 Å². The Kier molecular flexibility index (Phi) is 3.70. The fourth-order valence-corrected chi connectivity index (χ4v) is 1.61. The van der Waals surface area contributed by atoms with E-state index in [0.717, 1.165) is 12.4 Å². The molecule has 0 spiro atoms. The van der Waals surface area contributed by atoms with Crippen LogP contribution in [0.4, 0.5) is 11.6 Å². The third-order valence-electron chi connectivity index (χ3n) is 2.07. The summed E-state index contributed by atoms with van der Waals surface area (Å²) in [4.78, 5) is 10.6. The van der Waals surface area contributed by atoms with Crippen molar-refractivity contribution in [2.24, 2.45) is 11.3 Å². The monoisotopic (exact) mass is 223 g/mol. The summed E-state index contributed by atoms with van der Waals surface area (Å²) in [5.41, 5.74) is 2.77. The van der Waals surface area contributed by atoms with Crippen molar-refractivity contribution < 1.29 is 0 Å². The zero-order valence-corrected chi connectivity index (χ0v) is 10.7. The maximum Gasteiger partial charge on any atom is 0.145 e. The maximum absolute atomic E-state index is 5.36. The van der Waals surface area contributed by atoms with Gasteiger partial charge < -0.3 is 10.3 Å². The second-order valence-electron chi connectivity index (χ2n) is 5.22. The van der Waals surface area contributed by atoms with Crippen LogP contribution in [-0.4, -0.2) is 23.6 Å². The van der Waals surface area contributed by atoms with Crippen LogP contribution in [0.25, 0.3) is 0 Å². The number of nitrogens with zero attached hydrogens (tertiary/aromatic N) is 3. The second-order valence-corrected chi connectivity index (χ2v) is 5.22. The van der Waals surface area contributed by atoms with Crippen LogP contribution in [0.2, 0.25) is 0 Å². The molecule has 0 amide bonds. The zero-order chi connectivity index (χ0) is 12.3. The molecule has 0 atom stereocenters. The van der Waals surface area contributed by atoms with Gasteiger partial charge in [0.05, 0.1) is 0 Å². The number of rotatable bonds is 3. The molecule has 0 unspecified atom stereocenters. The Morgan fingerprint density at radius 1 is 1.38 bits per heavy atom. The minimum absolute atomic E-state index is 0.226. The number of nitrogens with one attached hydrogen (secondary N) is 1. The van der Waals surface area contributed by atoms with Crippen molar-refractivity contribution >= 4 is 11.6 Å². The van der Waals surface area contributed by atoms with Crippen LogP contribution in [0.15, 0.2) is 6.07 Å². The number of anilines is 2. The SMILES string of the molecule is Cc1nc(NN)cc(N(C)CC(C)(C)C)n1. The van der Waals surface area contributed by atoms with Gasteiger partial charge in [0.2, 0.25) is 0 Å². The van der Waals surface area contributed by atoms with Crippen molar-refractivity contribution in [1.29, 1.82) is 0 Å². The first-order valence-corrected chi connectivity index (χ1v) is 5.35. The summed E-state index contributed by atoms with van der Waals surface area (Å²) < 4.78 is 0. The molecule has 0 bridgehead atoms. The number of hydrogen-bond acceptors (Lipinski definition) is 5. The molecule has 1 heterocycles. The van der Waals surface area contributed by atoms with E-state index in [4.69, 9.17) is 5.84 Å². The van der Waals surface area contributed by atoms with Gasteiger partial charge in [0.1, 0.15) is 17.5 Å². The standard InChI is InChI=1S/C11H21N5/c1-8-13-9(15-12)6-10(14-8)16(5)7-11(2,3)4/h6H,7,12H2,1-5H3,(H,13,14,15). The highest BCUT2D eigenvalue weighted by Crippen LogP contribution is 2.20. The predicted octanol–water partition coefficient (Wildman–Crippen LogP) is 1.55. The molecule has 1 rings (SSSR count). The lowest BCUT2D eigenvalue weighted by Gasteiger charge is -2.27. The molecule has 0 saturated carbocycles. The maximum atomic E-state index is 5.36. The van der Waals surface area contributed by atoms with Crippen LogP contribution in [0.5, 0.6) is 0 Å². The topological polar surface area (TPSA) is 67.1 Å². The smallest absolute Gasteiger partial charge is 0.145 e. The minimum atomic E-state index is 0.226. The van der Waals surface area contributed by atoms with Gasteiger partial charge in [-0.25, -0.2) is 15.8 Å². The molecule has 5 nitrogen and oxygen atoms in total. The van der Waals surface area contributed by atoms with Crippen molar-refractivity contribution in [2.45, 2.75) is 27.7 Å². The number of nitrogen functional groups attached to an aromatic ring is 1. The molecule has 0 aliphatic rings. The summed E-state index contributed by atoms with van der Waals surface area (Å²) in [5, 5.41) is 0. The Morgan fingerprint density at radius 2 is 2.00 bits per heavy atom. The number of aryl methyl sites for hydroxylation is 1. The molecule has 3 N–H and O–H groups in total. The average Bonchev–Trinajstić information content (AvgIpc) is 2.14. The molecule has 1 aromatic heterocycles. The molecule has 90 valence electrons. The predicted molar refractivity (Wildman–Crippen MR) is 67.3 cm³/mol. The van der Waals surface area contributed by atoms with Crippen molar-refractivity contribution in [3.05, 3.63) is 11.9 Å². The number of hydrazine groups is 1. The number of nitrogens with two attached hydrogens (primary N) is 1. The summed E-state index contributed by atoms with van der Waals surface area (Å²) in [5.74, 6) is 7.60. The Labute approximate surface area is 97.0 Å². The van der Waals surface area contributed by atoms with Gasteiger partial charge in [-0.2, -0.15) is 0 Å². The first kappa shape index (κ1) is 12.7. The van der Waals surface area contributed by atoms with E-state index in [2.05, 4.69) is 41.1 Å². The average molecular weight is 223 g/mol. The van der Waals surface area contributed by atoms with E-state index in [1.165, 1.54) is 0 Å². The normalized spacial score (nSPS) is 11.4. The second kappa shape index (κ2) is 4.65. The fourth-order valence-electron chi connectivity index (χ4n) is 1.61. The Hall–Kier alpha value is -1.36. The fraction of sp³-hybridized carbons (Fsp3) is 0.636. The molecule has 0 aliphatic carbocycles. The molecular formula is C11H21N5.